The van der Waals surface area contributed by atoms with Crippen molar-refractivity contribution in [2.24, 2.45) is 0 Å². The highest BCUT2D eigenvalue weighted by atomic mass is 35.5. The number of nitrogens with zero attached hydrogens (tertiary/aromatic N) is 1. The third-order valence-corrected chi connectivity index (χ3v) is 3.73. The molecule has 0 aromatic heterocycles. The minimum absolute atomic E-state index is 0.0380. The Bertz CT molecular complexity index is 348. The lowest BCUT2D eigenvalue weighted by Crippen LogP contribution is -2.23. The predicted octanol–water partition coefficient (Wildman–Crippen LogP) is 3.17. The van der Waals surface area contributed by atoms with Gasteiger partial charge in [-0.2, -0.15) is 0 Å². The van der Waals surface area contributed by atoms with Crippen LogP contribution in [0.1, 0.15) is 0 Å². The normalized spacial score (nSPS) is 10.1. The molecule has 15 heavy (non-hydrogen) atoms. The molecule has 0 spiro atoms. The highest BCUT2D eigenvalue weighted by Gasteiger charge is 2.09. The SMILES string of the molecule is CN(C)C(=O)CSc1c(Cl)cccc1Cl. The number of carbonyl (C=O) groups excluding carboxylic acids is 1. The number of rotatable bonds is 3. The van der Waals surface area contributed by atoms with Crippen molar-refractivity contribution in [2.75, 3.05) is 19.8 Å². The molecule has 0 fully saturated rings. The molecule has 2 nitrogen and oxygen atoms in total. The van der Waals surface area contributed by atoms with E-state index in [1.165, 1.54) is 16.7 Å². The first-order chi connectivity index (χ1) is 7.02. The van der Waals surface area contributed by atoms with Crippen LogP contribution in [0.3, 0.4) is 0 Å². The van der Waals surface area contributed by atoms with Crippen molar-refractivity contribution in [1.29, 1.82) is 0 Å². The molecule has 82 valence electrons. The van der Waals surface area contributed by atoms with Crippen molar-refractivity contribution < 1.29 is 4.79 Å². The van der Waals surface area contributed by atoms with E-state index >= 15 is 0 Å². The maximum Gasteiger partial charge on any atom is 0.232 e. The van der Waals surface area contributed by atoms with Crippen LogP contribution in [0.15, 0.2) is 23.1 Å². The van der Waals surface area contributed by atoms with E-state index in [1.807, 2.05) is 0 Å². The molecule has 1 amide bonds. The largest absolute Gasteiger partial charge is 0.348 e. The molecule has 0 unspecified atom stereocenters. The molecule has 0 aliphatic heterocycles. The second-order valence-electron chi connectivity index (χ2n) is 3.13. The molecule has 1 rings (SSSR count). The topological polar surface area (TPSA) is 20.3 Å². The molecule has 0 radical (unpaired) electrons. The van der Waals surface area contributed by atoms with Gasteiger partial charge in [0.1, 0.15) is 0 Å². The van der Waals surface area contributed by atoms with Crippen molar-refractivity contribution in [1.82, 2.24) is 4.90 Å². The Balaban J connectivity index is 2.69. The van der Waals surface area contributed by atoms with Crippen molar-refractivity contribution in [3.8, 4) is 0 Å². The van der Waals surface area contributed by atoms with E-state index in [-0.39, 0.29) is 5.91 Å². The fourth-order valence-corrected chi connectivity index (χ4v) is 2.55. The zero-order chi connectivity index (χ0) is 11.4. The van der Waals surface area contributed by atoms with Crippen LogP contribution in [-0.2, 0) is 4.79 Å². The van der Waals surface area contributed by atoms with Gasteiger partial charge < -0.3 is 4.90 Å². The van der Waals surface area contributed by atoms with Crippen LogP contribution in [0.5, 0.6) is 0 Å². The summed E-state index contributed by atoms with van der Waals surface area (Å²) in [6.07, 6.45) is 0. The van der Waals surface area contributed by atoms with Gasteiger partial charge in [0.25, 0.3) is 0 Å². The van der Waals surface area contributed by atoms with Crippen molar-refractivity contribution in [3.63, 3.8) is 0 Å². The molecule has 0 aliphatic carbocycles. The molecule has 0 aliphatic rings. The van der Waals surface area contributed by atoms with Crippen LogP contribution < -0.4 is 0 Å². The first kappa shape index (κ1) is 12.7. The molecule has 5 heteroatoms. The number of halogens is 2. The van der Waals surface area contributed by atoms with Gasteiger partial charge in [-0.25, -0.2) is 0 Å². The van der Waals surface area contributed by atoms with Gasteiger partial charge in [0.15, 0.2) is 0 Å². The van der Waals surface area contributed by atoms with E-state index in [2.05, 4.69) is 0 Å². The monoisotopic (exact) mass is 263 g/mol. The molecular formula is C10H11Cl2NOS. The summed E-state index contributed by atoms with van der Waals surface area (Å²) >= 11 is 13.3. The molecular weight excluding hydrogens is 253 g/mol. The second-order valence-corrected chi connectivity index (χ2v) is 4.93. The van der Waals surface area contributed by atoms with Gasteiger partial charge in [-0.3, -0.25) is 4.79 Å². The molecule has 0 atom stereocenters. The third-order valence-electron chi connectivity index (χ3n) is 1.76. The molecule has 0 bridgehead atoms. The standard InChI is InChI=1S/C10H11Cl2NOS/c1-13(2)9(14)6-15-10-7(11)4-3-5-8(10)12/h3-5H,6H2,1-2H3. The van der Waals surface area contributed by atoms with E-state index in [4.69, 9.17) is 23.2 Å². The Morgan fingerprint density at radius 2 is 1.87 bits per heavy atom. The average Bonchev–Trinajstić information content (AvgIpc) is 2.16. The molecule has 0 saturated carbocycles. The average molecular weight is 264 g/mol. The van der Waals surface area contributed by atoms with Crippen LogP contribution in [0.25, 0.3) is 0 Å². The number of thioether (sulfide) groups is 1. The van der Waals surface area contributed by atoms with E-state index in [0.29, 0.717) is 15.8 Å². The number of hydrogen-bond acceptors (Lipinski definition) is 2. The Labute approximate surface area is 104 Å². The van der Waals surface area contributed by atoms with E-state index in [1.54, 1.807) is 32.3 Å². The van der Waals surface area contributed by atoms with Crippen LogP contribution >= 0.6 is 35.0 Å². The summed E-state index contributed by atoms with van der Waals surface area (Å²) in [6, 6.07) is 5.30. The van der Waals surface area contributed by atoms with Crippen molar-refractivity contribution >= 4 is 40.9 Å². The zero-order valence-electron chi connectivity index (χ0n) is 8.46. The smallest absolute Gasteiger partial charge is 0.232 e. The van der Waals surface area contributed by atoms with Gasteiger partial charge in [-0.05, 0) is 12.1 Å². The van der Waals surface area contributed by atoms with Gasteiger partial charge in [-0.1, -0.05) is 29.3 Å². The quantitative estimate of drug-likeness (QED) is 0.781. The van der Waals surface area contributed by atoms with Crippen molar-refractivity contribution in [2.45, 2.75) is 4.90 Å². The van der Waals surface area contributed by atoms with Crippen LogP contribution in [0.2, 0.25) is 10.0 Å². The van der Waals surface area contributed by atoms with Crippen molar-refractivity contribution in [3.05, 3.63) is 28.2 Å². The molecule has 1 aromatic carbocycles. The minimum Gasteiger partial charge on any atom is -0.348 e. The Morgan fingerprint density at radius 3 is 2.33 bits per heavy atom. The molecule has 0 N–H and O–H groups in total. The summed E-state index contributed by atoms with van der Waals surface area (Å²) in [4.78, 5) is 13.7. The lowest BCUT2D eigenvalue weighted by molar-refractivity contribution is -0.125. The molecule has 1 aromatic rings. The maximum atomic E-state index is 11.4. The molecule has 0 saturated heterocycles. The fourth-order valence-electron chi connectivity index (χ4n) is 0.883. The summed E-state index contributed by atoms with van der Waals surface area (Å²) in [5, 5.41) is 1.16. The summed E-state index contributed by atoms with van der Waals surface area (Å²) < 4.78 is 0. The highest BCUT2D eigenvalue weighted by Crippen LogP contribution is 2.33. The minimum atomic E-state index is 0.0380. The fraction of sp³-hybridized carbons (Fsp3) is 0.300. The molecule has 0 heterocycles. The van der Waals surface area contributed by atoms with Gasteiger partial charge in [-0.15, -0.1) is 11.8 Å². The van der Waals surface area contributed by atoms with E-state index in [0.717, 1.165) is 4.90 Å². The van der Waals surface area contributed by atoms with E-state index in [9.17, 15) is 4.79 Å². The summed E-state index contributed by atoms with van der Waals surface area (Å²) in [6.45, 7) is 0. The lowest BCUT2D eigenvalue weighted by Gasteiger charge is -2.10. The van der Waals surface area contributed by atoms with Crippen LogP contribution in [0, 0.1) is 0 Å². The summed E-state index contributed by atoms with van der Waals surface area (Å²) in [5.74, 6) is 0.382. The zero-order valence-corrected chi connectivity index (χ0v) is 10.8. The maximum absolute atomic E-state index is 11.4. The van der Waals surface area contributed by atoms with Gasteiger partial charge >= 0.3 is 0 Å². The Hall–Kier alpha value is -0.380. The first-order valence-corrected chi connectivity index (χ1v) is 6.03. The number of hydrogen-bond donors (Lipinski definition) is 0. The number of amides is 1. The van der Waals surface area contributed by atoms with Gasteiger partial charge in [0, 0.05) is 19.0 Å². The first-order valence-electron chi connectivity index (χ1n) is 4.29. The van der Waals surface area contributed by atoms with Gasteiger partial charge in [0.2, 0.25) is 5.91 Å². The summed E-state index contributed by atoms with van der Waals surface area (Å²) in [7, 11) is 3.44. The van der Waals surface area contributed by atoms with Crippen LogP contribution in [-0.4, -0.2) is 30.7 Å². The third kappa shape index (κ3) is 3.59. The lowest BCUT2D eigenvalue weighted by atomic mass is 10.4. The van der Waals surface area contributed by atoms with Gasteiger partial charge in [0.05, 0.1) is 15.8 Å². The summed E-state index contributed by atoms with van der Waals surface area (Å²) in [5.41, 5.74) is 0. The van der Waals surface area contributed by atoms with Crippen LogP contribution in [0.4, 0.5) is 0 Å². The highest BCUT2D eigenvalue weighted by molar-refractivity contribution is 8.00. The Morgan fingerprint density at radius 1 is 1.33 bits per heavy atom. The second kappa shape index (κ2) is 5.64. The number of benzene rings is 1. The predicted molar refractivity (Wildman–Crippen MR) is 65.9 cm³/mol. The number of carbonyl (C=O) groups is 1. The van der Waals surface area contributed by atoms with E-state index < -0.39 is 0 Å². The Kier molecular flexibility index (Phi) is 4.77.